The number of hydrogen-bond acceptors (Lipinski definition) is 5. The van der Waals surface area contributed by atoms with Crippen LogP contribution in [0.15, 0.2) is 36.7 Å². The smallest absolute Gasteiger partial charge is 0.356 e. The van der Waals surface area contributed by atoms with Crippen molar-refractivity contribution in [2.75, 3.05) is 19.0 Å². The maximum Gasteiger partial charge on any atom is 0.356 e. The standard InChI is InChI=1S/C14H15N3O3/c1-20-11-4-2-3-10(7-11)5-6-15-13-9-16-12(8-17-13)14(18)19/h2-4,7-9H,5-6H2,1H3,(H,15,17)(H,18,19). The van der Waals surface area contributed by atoms with E-state index < -0.39 is 5.97 Å². The van der Waals surface area contributed by atoms with Crippen LogP contribution in [-0.2, 0) is 6.42 Å². The molecule has 2 rings (SSSR count). The van der Waals surface area contributed by atoms with Crippen molar-refractivity contribution in [1.82, 2.24) is 9.97 Å². The molecular weight excluding hydrogens is 258 g/mol. The van der Waals surface area contributed by atoms with Crippen molar-refractivity contribution in [2.45, 2.75) is 6.42 Å². The fourth-order valence-electron chi connectivity index (χ4n) is 1.69. The molecule has 2 aromatic rings. The lowest BCUT2D eigenvalue weighted by molar-refractivity contribution is 0.0690. The van der Waals surface area contributed by atoms with Gasteiger partial charge in [-0.3, -0.25) is 0 Å². The average Bonchev–Trinajstić information content (AvgIpc) is 2.48. The van der Waals surface area contributed by atoms with E-state index in [2.05, 4.69) is 15.3 Å². The van der Waals surface area contributed by atoms with Gasteiger partial charge in [-0.05, 0) is 24.1 Å². The van der Waals surface area contributed by atoms with Gasteiger partial charge in [0.15, 0.2) is 5.69 Å². The first-order chi connectivity index (χ1) is 9.69. The summed E-state index contributed by atoms with van der Waals surface area (Å²) in [6.45, 7) is 0.675. The van der Waals surface area contributed by atoms with Gasteiger partial charge in [-0.15, -0.1) is 0 Å². The van der Waals surface area contributed by atoms with Crippen molar-refractivity contribution in [3.05, 3.63) is 47.9 Å². The van der Waals surface area contributed by atoms with Crippen molar-refractivity contribution in [3.8, 4) is 5.75 Å². The molecule has 104 valence electrons. The second-order valence-corrected chi connectivity index (χ2v) is 4.12. The van der Waals surface area contributed by atoms with Crippen molar-refractivity contribution < 1.29 is 14.6 Å². The van der Waals surface area contributed by atoms with Crippen LogP contribution in [0.4, 0.5) is 5.82 Å². The quantitative estimate of drug-likeness (QED) is 0.835. The number of aromatic carboxylic acids is 1. The Kier molecular flexibility index (Phi) is 4.49. The molecule has 0 spiro atoms. The summed E-state index contributed by atoms with van der Waals surface area (Å²) >= 11 is 0. The van der Waals surface area contributed by atoms with Gasteiger partial charge in [0.1, 0.15) is 11.6 Å². The highest BCUT2D eigenvalue weighted by Gasteiger charge is 2.04. The molecular formula is C14H15N3O3. The van der Waals surface area contributed by atoms with Crippen LogP contribution < -0.4 is 10.1 Å². The fourth-order valence-corrected chi connectivity index (χ4v) is 1.69. The molecule has 0 atom stereocenters. The van der Waals surface area contributed by atoms with E-state index in [1.165, 1.54) is 12.4 Å². The summed E-state index contributed by atoms with van der Waals surface area (Å²) < 4.78 is 5.16. The van der Waals surface area contributed by atoms with Crippen LogP contribution in [0, 0.1) is 0 Å². The number of carboxylic acids is 1. The van der Waals surface area contributed by atoms with E-state index in [-0.39, 0.29) is 5.69 Å². The van der Waals surface area contributed by atoms with Crippen molar-refractivity contribution >= 4 is 11.8 Å². The number of hydrogen-bond donors (Lipinski definition) is 2. The Bertz CT molecular complexity index is 584. The normalized spacial score (nSPS) is 10.1. The first kappa shape index (κ1) is 13.8. The van der Waals surface area contributed by atoms with Crippen molar-refractivity contribution in [2.24, 2.45) is 0 Å². The molecule has 0 unspecified atom stereocenters. The second kappa shape index (κ2) is 6.51. The van der Waals surface area contributed by atoms with E-state index in [9.17, 15) is 4.79 Å². The van der Waals surface area contributed by atoms with Crippen LogP contribution in [0.1, 0.15) is 16.1 Å². The number of nitrogens with zero attached hydrogens (tertiary/aromatic N) is 2. The Morgan fingerprint density at radius 1 is 1.35 bits per heavy atom. The minimum absolute atomic E-state index is 0.0663. The van der Waals surface area contributed by atoms with Gasteiger partial charge >= 0.3 is 5.97 Å². The molecule has 0 aliphatic carbocycles. The summed E-state index contributed by atoms with van der Waals surface area (Å²) in [5.74, 6) is 0.298. The number of carboxylic acid groups (broad SMARTS) is 1. The third-order valence-corrected chi connectivity index (χ3v) is 2.72. The minimum atomic E-state index is -1.08. The second-order valence-electron chi connectivity index (χ2n) is 4.12. The molecule has 0 aliphatic heterocycles. The molecule has 6 nitrogen and oxygen atoms in total. The van der Waals surface area contributed by atoms with E-state index in [1.54, 1.807) is 7.11 Å². The number of anilines is 1. The molecule has 0 amide bonds. The maximum atomic E-state index is 10.6. The molecule has 2 N–H and O–H groups in total. The van der Waals surface area contributed by atoms with Gasteiger partial charge in [0.05, 0.1) is 19.5 Å². The molecule has 0 saturated carbocycles. The number of rotatable bonds is 6. The highest BCUT2D eigenvalue weighted by Crippen LogP contribution is 2.13. The molecule has 0 radical (unpaired) electrons. The zero-order chi connectivity index (χ0) is 14.4. The Morgan fingerprint density at radius 2 is 2.20 bits per heavy atom. The predicted molar refractivity (Wildman–Crippen MR) is 74.2 cm³/mol. The van der Waals surface area contributed by atoms with E-state index in [0.29, 0.717) is 12.4 Å². The van der Waals surface area contributed by atoms with Gasteiger partial charge in [-0.2, -0.15) is 0 Å². The molecule has 0 bridgehead atoms. The zero-order valence-corrected chi connectivity index (χ0v) is 11.0. The first-order valence-electron chi connectivity index (χ1n) is 6.11. The lowest BCUT2D eigenvalue weighted by atomic mass is 10.1. The minimum Gasteiger partial charge on any atom is -0.497 e. The molecule has 0 saturated heterocycles. The van der Waals surface area contributed by atoms with Gasteiger partial charge in [-0.25, -0.2) is 14.8 Å². The Hall–Kier alpha value is -2.63. The molecule has 0 aliphatic rings. The zero-order valence-electron chi connectivity index (χ0n) is 11.0. The number of carbonyl (C=O) groups is 1. The third kappa shape index (κ3) is 3.68. The van der Waals surface area contributed by atoms with Crippen LogP contribution in [0.5, 0.6) is 5.75 Å². The number of benzene rings is 1. The van der Waals surface area contributed by atoms with Crippen LogP contribution in [-0.4, -0.2) is 34.7 Å². The molecule has 20 heavy (non-hydrogen) atoms. The Labute approximate surface area is 116 Å². The molecule has 1 heterocycles. The lowest BCUT2D eigenvalue weighted by Crippen LogP contribution is -2.08. The third-order valence-electron chi connectivity index (χ3n) is 2.72. The SMILES string of the molecule is COc1cccc(CCNc2cnc(C(=O)O)cn2)c1. The van der Waals surface area contributed by atoms with E-state index >= 15 is 0 Å². The van der Waals surface area contributed by atoms with Gasteiger partial charge in [0, 0.05) is 6.54 Å². The summed E-state index contributed by atoms with van der Waals surface area (Å²) in [6.07, 6.45) is 3.45. The number of aromatic nitrogens is 2. The van der Waals surface area contributed by atoms with Gasteiger partial charge in [-0.1, -0.05) is 12.1 Å². The van der Waals surface area contributed by atoms with Gasteiger partial charge in [0.2, 0.25) is 0 Å². The van der Waals surface area contributed by atoms with Crippen molar-refractivity contribution in [1.29, 1.82) is 0 Å². The van der Waals surface area contributed by atoms with Crippen LogP contribution >= 0.6 is 0 Å². The fraction of sp³-hybridized carbons (Fsp3) is 0.214. The highest BCUT2D eigenvalue weighted by atomic mass is 16.5. The van der Waals surface area contributed by atoms with E-state index in [1.807, 2.05) is 24.3 Å². The Morgan fingerprint density at radius 3 is 2.85 bits per heavy atom. The first-order valence-corrected chi connectivity index (χ1v) is 6.11. The molecule has 6 heteroatoms. The molecule has 1 aromatic heterocycles. The summed E-state index contributed by atoms with van der Waals surface area (Å²) in [5, 5.41) is 11.8. The predicted octanol–water partition coefficient (Wildman–Crippen LogP) is 1.84. The van der Waals surface area contributed by atoms with Crippen LogP contribution in [0.25, 0.3) is 0 Å². The lowest BCUT2D eigenvalue weighted by Gasteiger charge is -2.06. The highest BCUT2D eigenvalue weighted by molar-refractivity contribution is 5.84. The van der Waals surface area contributed by atoms with E-state index in [4.69, 9.17) is 9.84 Å². The molecule has 0 fully saturated rings. The maximum absolute atomic E-state index is 10.6. The monoisotopic (exact) mass is 273 g/mol. The topological polar surface area (TPSA) is 84.3 Å². The number of methoxy groups -OCH3 is 1. The number of ether oxygens (including phenoxy) is 1. The summed E-state index contributed by atoms with van der Waals surface area (Å²) in [4.78, 5) is 18.4. The molecule has 1 aromatic carbocycles. The van der Waals surface area contributed by atoms with E-state index in [0.717, 1.165) is 17.7 Å². The van der Waals surface area contributed by atoms with Gasteiger partial charge in [0.25, 0.3) is 0 Å². The van der Waals surface area contributed by atoms with Crippen molar-refractivity contribution in [3.63, 3.8) is 0 Å². The Balaban J connectivity index is 1.87. The summed E-state index contributed by atoms with van der Waals surface area (Å²) in [5.41, 5.74) is 1.08. The van der Waals surface area contributed by atoms with Crippen LogP contribution in [0.2, 0.25) is 0 Å². The van der Waals surface area contributed by atoms with Crippen LogP contribution in [0.3, 0.4) is 0 Å². The number of nitrogens with one attached hydrogen (secondary N) is 1. The van der Waals surface area contributed by atoms with Gasteiger partial charge < -0.3 is 15.2 Å². The summed E-state index contributed by atoms with van der Waals surface area (Å²) in [7, 11) is 1.64. The largest absolute Gasteiger partial charge is 0.497 e. The summed E-state index contributed by atoms with van der Waals surface area (Å²) in [6, 6.07) is 7.83. The average molecular weight is 273 g/mol.